The Kier molecular flexibility index (Phi) is 7.93. The predicted molar refractivity (Wildman–Crippen MR) is 115 cm³/mol. The third-order valence-corrected chi connectivity index (χ3v) is 5.64. The van der Waals surface area contributed by atoms with Gasteiger partial charge in [-0.25, -0.2) is 12.8 Å². The fraction of sp³-hybridized carbons (Fsp3) is 0.333. The van der Waals surface area contributed by atoms with Crippen LogP contribution < -0.4 is 14.9 Å². The van der Waals surface area contributed by atoms with Crippen LogP contribution in [0.4, 0.5) is 15.8 Å². The number of carbonyl (C=O) groups is 2. The Morgan fingerprint density at radius 2 is 1.83 bits per heavy atom. The molecule has 0 fully saturated rings. The quantitative estimate of drug-likeness (QED) is 0.592. The van der Waals surface area contributed by atoms with Crippen molar-refractivity contribution >= 4 is 33.2 Å². The highest BCUT2D eigenvalue weighted by molar-refractivity contribution is 7.92. The summed E-state index contributed by atoms with van der Waals surface area (Å²) in [5.41, 5.74) is 0.563. The third kappa shape index (κ3) is 6.03. The van der Waals surface area contributed by atoms with Crippen molar-refractivity contribution in [3.05, 3.63) is 59.9 Å². The minimum Gasteiger partial charge on any atom is -0.352 e. The molecule has 0 aromatic heterocycles. The minimum absolute atomic E-state index is 0.0331. The van der Waals surface area contributed by atoms with E-state index >= 15 is 0 Å². The lowest BCUT2D eigenvalue weighted by atomic mass is 10.1. The van der Waals surface area contributed by atoms with Crippen LogP contribution in [0.1, 0.15) is 37.0 Å². The average molecular weight is 436 g/mol. The van der Waals surface area contributed by atoms with E-state index in [1.54, 1.807) is 24.3 Å². The molecule has 2 rings (SSSR count). The standard InChI is InChI=1S/C21H26FN3O4S/c1-4-5-13-23-21(27)18-11-6-7-12-19(18)24-20(26)15(2)25(30(3,28)29)17-10-8-9-16(22)14-17/h6-12,14-15H,4-5,13H2,1-3H3,(H,23,27)(H,24,26)/t15-/m1/s1. The molecule has 0 aliphatic carbocycles. The number of nitrogens with one attached hydrogen (secondary N) is 2. The van der Waals surface area contributed by atoms with Gasteiger partial charge in [0.1, 0.15) is 11.9 Å². The van der Waals surface area contributed by atoms with Gasteiger partial charge in [0.25, 0.3) is 5.91 Å². The molecule has 0 saturated carbocycles. The molecule has 0 radical (unpaired) electrons. The van der Waals surface area contributed by atoms with Gasteiger partial charge in [0.2, 0.25) is 15.9 Å². The van der Waals surface area contributed by atoms with Crippen LogP contribution >= 0.6 is 0 Å². The SMILES string of the molecule is CCCCNC(=O)c1ccccc1NC(=O)[C@@H](C)N(c1cccc(F)c1)S(C)(=O)=O. The highest BCUT2D eigenvalue weighted by atomic mass is 32.2. The average Bonchev–Trinajstić information content (AvgIpc) is 2.67. The smallest absolute Gasteiger partial charge is 0.253 e. The second-order valence-electron chi connectivity index (χ2n) is 6.86. The van der Waals surface area contributed by atoms with Gasteiger partial charge in [-0.05, 0) is 43.7 Å². The van der Waals surface area contributed by atoms with Crippen LogP contribution in [0.5, 0.6) is 0 Å². The molecule has 7 nitrogen and oxygen atoms in total. The summed E-state index contributed by atoms with van der Waals surface area (Å²) >= 11 is 0. The van der Waals surface area contributed by atoms with Crippen molar-refractivity contribution in [3.63, 3.8) is 0 Å². The first-order valence-corrected chi connectivity index (χ1v) is 11.4. The summed E-state index contributed by atoms with van der Waals surface area (Å²) in [6, 6.07) is 10.3. The van der Waals surface area contributed by atoms with Crippen LogP contribution in [0.3, 0.4) is 0 Å². The first-order chi connectivity index (χ1) is 14.1. The molecular weight excluding hydrogens is 409 g/mol. The maximum absolute atomic E-state index is 13.6. The Morgan fingerprint density at radius 3 is 2.47 bits per heavy atom. The molecule has 0 spiro atoms. The van der Waals surface area contributed by atoms with E-state index in [1.165, 1.54) is 25.1 Å². The lowest BCUT2D eigenvalue weighted by molar-refractivity contribution is -0.116. The molecule has 2 N–H and O–H groups in total. The molecule has 2 amide bonds. The Balaban J connectivity index is 2.27. The summed E-state index contributed by atoms with van der Waals surface area (Å²) in [6.07, 6.45) is 2.70. The monoisotopic (exact) mass is 435 g/mol. The molecular formula is C21H26FN3O4S. The second kappa shape index (κ2) is 10.2. The van der Waals surface area contributed by atoms with Crippen LogP contribution in [0.2, 0.25) is 0 Å². The van der Waals surface area contributed by atoms with Crippen LogP contribution in [-0.2, 0) is 14.8 Å². The number of sulfonamides is 1. The number of halogens is 1. The Labute approximate surface area is 176 Å². The largest absolute Gasteiger partial charge is 0.352 e. The summed E-state index contributed by atoms with van der Waals surface area (Å²) in [5.74, 6) is -1.61. The van der Waals surface area contributed by atoms with Crippen molar-refractivity contribution in [2.24, 2.45) is 0 Å². The van der Waals surface area contributed by atoms with Gasteiger partial charge < -0.3 is 10.6 Å². The molecule has 0 heterocycles. The maximum Gasteiger partial charge on any atom is 0.253 e. The van der Waals surface area contributed by atoms with Gasteiger partial charge in [-0.15, -0.1) is 0 Å². The van der Waals surface area contributed by atoms with E-state index < -0.39 is 27.8 Å². The van der Waals surface area contributed by atoms with Crippen molar-refractivity contribution in [2.45, 2.75) is 32.7 Å². The molecule has 2 aromatic rings. The first kappa shape index (κ1) is 23.3. The second-order valence-corrected chi connectivity index (χ2v) is 8.72. The Hall–Kier alpha value is -2.94. The number of hydrogen-bond donors (Lipinski definition) is 2. The first-order valence-electron chi connectivity index (χ1n) is 9.58. The molecule has 30 heavy (non-hydrogen) atoms. The van der Waals surface area contributed by atoms with Crippen molar-refractivity contribution in [3.8, 4) is 0 Å². The van der Waals surface area contributed by atoms with Gasteiger partial charge in [-0.2, -0.15) is 0 Å². The number of amides is 2. The van der Waals surface area contributed by atoms with E-state index in [0.29, 0.717) is 6.54 Å². The summed E-state index contributed by atoms with van der Waals surface area (Å²) in [4.78, 5) is 25.3. The zero-order valence-electron chi connectivity index (χ0n) is 17.2. The third-order valence-electron chi connectivity index (χ3n) is 4.40. The summed E-state index contributed by atoms with van der Waals surface area (Å²) < 4.78 is 39.1. The summed E-state index contributed by atoms with van der Waals surface area (Å²) in [5, 5.41) is 5.40. The van der Waals surface area contributed by atoms with E-state index in [2.05, 4.69) is 10.6 Å². The van der Waals surface area contributed by atoms with E-state index in [0.717, 1.165) is 29.5 Å². The summed E-state index contributed by atoms with van der Waals surface area (Å²) in [6.45, 7) is 3.91. The Morgan fingerprint density at radius 1 is 1.13 bits per heavy atom. The fourth-order valence-corrected chi connectivity index (χ4v) is 4.09. The zero-order chi connectivity index (χ0) is 22.3. The van der Waals surface area contributed by atoms with Crippen molar-refractivity contribution in [1.82, 2.24) is 5.32 Å². The topological polar surface area (TPSA) is 95.6 Å². The highest BCUT2D eigenvalue weighted by Gasteiger charge is 2.30. The van der Waals surface area contributed by atoms with Crippen LogP contribution in [-0.4, -0.2) is 39.1 Å². The number of hydrogen-bond acceptors (Lipinski definition) is 4. The number of rotatable bonds is 9. The molecule has 1 atom stereocenters. The molecule has 9 heteroatoms. The van der Waals surface area contributed by atoms with E-state index in [9.17, 15) is 22.4 Å². The van der Waals surface area contributed by atoms with E-state index in [1.807, 2.05) is 6.92 Å². The van der Waals surface area contributed by atoms with Crippen molar-refractivity contribution in [2.75, 3.05) is 22.4 Å². The lowest BCUT2D eigenvalue weighted by Crippen LogP contribution is -2.45. The minimum atomic E-state index is -3.89. The van der Waals surface area contributed by atoms with Gasteiger partial charge in [-0.3, -0.25) is 13.9 Å². The van der Waals surface area contributed by atoms with E-state index in [4.69, 9.17) is 0 Å². The molecule has 0 aliphatic rings. The molecule has 0 unspecified atom stereocenters. The lowest BCUT2D eigenvalue weighted by Gasteiger charge is -2.28. The zero-order valence-corrected chi connectivity index (χ0v) is 18.0. The number of carbonyl (C=O) groups excluding carboxylic acids is 2. The fourth-order valence-electron chi connectivity index (χ4n) is 2.92. The maximum atomic E-state index is 13.6. The highest BCUT2D eigenvalue weighted by Crippen LogP contribution is 2.23. The number of benzene rings is 2. The summed E-state index contributed by atoms with van der Waals surface area (Å²) in [7, 11) is -3.89. The molecule has 0 aliphatic heterocycles. The van der Waals surface area contributed by atoms with Crippen molar-refractivity contribution < 1.29 is 22.4 Å². The molecule has 2 aromatic carbocycles. The van der Waals surface area contributed by atoms with Crippen LogP contribution in [0.15, 0.2) is 48.5 Å². The van der Waals surface area contributed by atoms with Gasteiger partial charge >= 0.3 is 0 Å². The number of para-hydroxylation sites is 1. The van der Waals surface area contributed by atoms with Crippen molar-refractivity contribution in [1.29, 1.82) is 0 Å². The van der Waals surface area contributed by atoms with E-state index in [-0.39, 0.29) is 22.8 Å². The normalized spacial score (nSPS) is 12.1. The predicted octanol–water partition coefficient (Wildman–Crippen LogP) is 3.15. The molecule has 0 bridgehead atoms. The number of unbranched alkanes of at least 4 members (excludes halogenated alkanes) is 1. The van der Waals surface area contributed by atoms with Crippen LogP contribution in [0.25, 0.3) is 0 Å². The van der Waals surface area contributed by atoms with Crippen LogP contribution in [0, 0.1) is 5.82 Å². The molecule has 0 saturated heterocycles. The Bertz CT molecular complexity index is 1010. The molecule has 162 valence electrons. The number of nitrogens with zero attached hydrogens (tertiary/aromatic N) is 1. The van der Waals surface area contributed by atoms with Gasteiger partial charge in [0.15, 0.2) is 0 Å². The van der Waals surface area contributed by atoms with Gasteiger partial charge in [-0.1, -0.05) is 31.5 Å². The van der Waals surface area contributed by atoms with Gasteiger partial charge in [0, 0.05) is 6.54 Å². The van der Waals surface area contributed by atoms with Gasteiger partial charge in [0.05, 0.1) is 23.2 Å². The number of anilines is 2.